The van der Waals surface area contributed by atoms with E-state index in [1.54, 1.807) is 4.90 Å². The Morgan fingerprint density at radius 3 is 2.82 bits per heavy atom. The number of aromatic nitrogens is 2. The number of aromatic hydroxyl groups is 1. The summed E-state index contributed by atoms with van der Waals surface area (Å²) in [6.45, 7) is 1.92. The lowest BCUT2D eigenvalue weighted by molar-refractivity contribution is 0.0544. The lowest BCUT2D eigenvalue weighted by atomic mass is 9.99. The number of nitrogens with one attached hydrogen (secondary N) is 1. The van der Waals surface area contributed by atoms with Gasteiger partial charge in [0, 0.05) is 18.9 Å². The molecule has 2 aromatic heterocycles. The zero-order valence-electron chi connectivity index (χ0n) is 18.1. The lowest BCUT2D eigenvalue weighted by Gasteiger charge is -2.40. The molecular formula is C24H20ClFN4O4. The molecule has 1 aliphatic heterocycles. The number of nitrogens with zero attached hydrogens (tertiary/aromatic N) is 3. The summed E-state index contributed by atoms with van der Waals surface area (Å²) in [6.07, 6.45) is 3.18. The van der Waals surface area contributed by atoms with E-state index < -0.39 is 28.8 Å². The predicted octanol–water partition coefficient (Wildman–Crippen LogP) is 2.99. The van der Waals surface area contributed by atoms with E-state index in [4.69, 9.17) is 11.6 Å². The van der Waals surface area contributed by atoms with Crippen molar-refractivity contribution in [1.82, 2.24) is 19.8 Å². The van der Waals surface area contributed by atoms with Crippen LogP contribution in [0.1, 0.15) is 56.7 Å². The molecule has 0 unspecified atom stereocenters. The smallest absolute Gasteiger partial charge is 0.275 e. The maximum atomic E-state index is 14.1. The van der Waals surface area contributed by atoms with Crippen molar-refractivity contribution in [3.63, 3.8) is 0 Å². The molecule has 0 saturated carbocycles. The third-order valence-corrected chi connectivity index (χ3v) is 6.74. The van der Waals surface area contributed by atoms with E-state index in [0.717, 1.165) is 11.1 Å². The third kappa shape index (κ3) is 3.27. The van der Waals surface area contributed by atoms with Crippen LogP contribution in [0.25, 0.3) is 0 Å². The molecule has 5 rings (SSSR count). The average Bonchev–Trinajstić information content (AvgIpc) is 3.21. The number of likely N-dealkylation sites (N-methyl/N-ethyl adjacent to an activating group) is 1. The first-order valence-electron chi connectivity index (χ1n) is 10.8. The number of rotatable bonds is 4. The average molecular weight is 483 g/mol. The van der Waals surface area contributed by atoms with Gasteiger partial charge < -0.3 is 19.9 Å². The van der Waals surface area contributed by atoms with Crippen LogP contribution in [0.4, 0.5) is 4.39 Å². The van der Waals surface area contributed by atoms with Gasteiger partial charge in [-0.25, -0.2) is 4.39 Å². The van der Waals surface area contributed by atoms with Crippen molar-refractivity contribution in [2.24, 2.45) is 0 Å². The quantitative estimate of drug-likeness (QED) is 0.595. The second-order valence-corrected chi connectivity index (χ2v) is 8.63. The molecule has 10 heteroatoms. The molecule has 0 radical (unpaired) electrons. The molecule has 1 aromatic carbocycles. The molecule has 34 heavy (non-hydrogen) atoms. The molecule has 8 nitrogen and oxygen atoms in total. The van der Waals surface area contributed by atoms with E-state index >= 15 is 0 Å². The van der Waals surface area contributed by atoms with Gasteiger partial charge in [-0.15, -0.1) is 0 Å². The van der Waals surface area contributed by atoms with Gasteiger partial charge in [-0.2, -0.15) is 0 Å². The van der Waals surface area contributed by atoms with Gasteiger partial charge in [-0.1, -0.05) is 35.9 Å². The van der Waals surface area contributed by atoms with E-state index in [-0.39, 0.29) is 40.6 Å². The Kier molecular flexibility index (Phi) is 5.36. The zero-order valence-corrected chi connectivity index (χ0v) is 18.8. The predicted molar refractivity (Wildman–Crippen MR) is 121 cm³/mol. The standard InChI is InChI=1S/C24H20ClFN4O4/c1-2-29-19-13-6-4-3-5-12(13)9-17(19)30-11-14(21(31)22(32)20(30)24(29)34)23(33)28-10-16-18(26)15(25)7-8-27-16/h3-8,11,17,19,32H,2,9-10H2,1H3,(H,28,33)/t17-,19+/m0/s1. The fourth-order valence-corrected chi connectivity index (χ4v) is 5.04. The van der Waals surface area contributed by atoms with Crippen LogP contribution in [0.5, 0.6) is 5.75 Å². The minimum absolute atomic E-state index is 0.0943. The second-order valence-electron chi connectivity index (χ2n) is 8.22. The highest BCUT2D eigenvalue weighted by Gasteiger charge is 2.46. The Morgan fingerprint density at radius 2 is 2.06 bits per heavy atom. The van der Waals surface area contributed by atoms with Crippen molar-refractivity contribution in [1.29, 1.82) is 0 Å². The van der Waals surface area contributed by atoms with Crippen molar-refractivity contribution in [3.8, 4) is 5.75 Å². The fraction of sp³-hybridized carbons (Fsp3) is 0.250. The number of benzene rings is 1. The normalized spacial score (nSPS) is 18.3. The van der Waals surface area contributed by atoms with Crippen LogP contribution < -0.4 is 10.7 Å². The van der Waals surface area contributed by atoms with Crippen LogP contribution in [0.3, 0.4) is 0 Å². The van der Waals surface area contributed by atoms with Gasteiger partial charge in [0.05, 0.1) is 29.3 Å². The number of fused-ring (bicyclic) bond motifs is 5. The number of pyridine rings is 2. The van der Waals surface area contributed by atoms with Gasteiger partial charge in [-0.05, 0) is 30.5 Å². The van der Waals surface area contributed by atoms with Crippen LogP contribution in [-0.4, -0.2) is 37.9 Å². The molecule has 174 valence electrons. The van der Waals surface area contributed by atoms with Crippen molar-refractivity contribution in [3.05, 3.63) is 91.9 Å². The van der Waals surface area contributed by atoms with Gasteiger partial charge in [0.2, 0.25) is 5.43 Å². The van der Waals surface area contributed by atoms with Gasteiger partial charge in [0.15, 0.2) is 17.3 Å². The first-order chi connectivity index (χ1) is 16.3. The Bertz CT molecular complexity index is 1410. The Labute approximate surface area is 198 Å². The first-order valence-corrected chi connectivity index (χ1v) is 11.1. The number of carbonyl (C=O) groups excluding carboxylic acids is 2. The van der Waals surface area contributed by atoms with Gasteiger partial charge in [-0.3, -0.25) is 19.4 Å². The summed E-state index contributed by atoms with van der Waals surface area (Å²) in [5.41, 5.74) is 0.504. The summed E-state index contributed by atoms with van der Waals surface area (Å²) in [5, 5.41) is 13.0. The summed E-state index contributed by atoms with van der Waals surface area (Å²) in [5.74, 6) is -2.86. The maximum Gasteiger partial charge on any atom is 0.275 e. The van der Waals surface area contributed by atoms with E-state index in [9.17, 15) is 23.9 Å². The highest BCUT2D eigenvalue weighted by atomic mass is 35.5. The molecule has 2 atom stereocenters. The topological polar surface area (TPSA) is 105 Å². The first kappa shape index (κ1) is 22.1. The van der Waals surface area contributed by atoms with Gasteiger partial charge >= 0.3 is 0 Å². The molecule has 0 fully saturated rings. The van der Waals surface area contributed by atoms with Crippen LogP contribution >= 0.6 is 11.6 Å². The molecule has 0 spiro atoms. The summed E-state index contributed by atoms with van der Waals surface area (Å²) in [4.78, 5) is 44.5. The lowest BCUT2D eigenvalue weighted by Crippen LogP contribution is -2.46. The number of hydrogen-bond donors (Lipinski definition) is 2. The summed E-state index contributed by atoms with van der Waals surface area (Å²) >= 11 is 5.75. The third-order valence-electron chi connectivity index (χ3n) is 6.45. The largest absolute Gasteiger partial charge is 0.503 e. The van der Waals surface area contributed by atoms with E-state index in [1.165, 1.54) is 23.0 Å². The Balaban J connectivity index is 1.55. The molecular weight excluding hydrogens is 463 g/mol. The van der Waals surface area contributed by atoms with Crippen molar-refractivity contribution in [2.75, 3.05) is 6.54 Å². The molecule has 0 bridgehead atoms. The summed E-state index contributed by atoms with van der Waals surface area (Å²) in [6, 6.07) is 8.46. The van der Waals surface area contributed by atoms with Crippen LogP contribution in [0, 0.1) is 5.82 Å². The minimum atomic E-state index is -0.971. The molecule has 0 saturated heterocycles. The second kappa shape index (κ2) is 8.25. The van der Waals surface area contributed by atoms with E-state index in [0.29, 0.717) is 13.0 Å². The van der Waals surface area contributed by atoms with Crippen LogP contribution in [0.2, 0.25) is 5.02 Å². The maximum absolute atomic E-state index is 14.1. The summed E-state index contributed by atoms with van der Waals surface area (Å²) < 4.78 is 15.7. The minimum Gasteiger partial charge on any atom is -0.503 e. The van der Waals surface area contributed by atoms with Gasteiger partial charge in [0.1, 0.15) is 5.56 Å². The molecule has 2 aliphatic rings. The van der Waals surface area contributed by atoms with Crippen molar-refractivity contribution in [2.45, 2.75) is 32.0 Å². The molecule has 3 heterocycles. The molecule has 2 N–H and O–H groups in total. The highest BCUT2D eigenvalue weighted by Crippen LogP contribution is 2.47. The van der Waals surface area contributed by atoms with E-state index in [2.05, 4.69) is 10.3 Å². The monoisotopic (exact) mass is 482 g/mol. The zero-order chi connectivity index (χ0) is 24.1. The Morgan fingerprint density at radius 1 is 1.29 bits per heavy atom. The van der Waals surface area contributed by atoms with Crippen molar-refractivity contribution < 1.29 is 19.1 Å². The van der Waals surface area contributed by atoms with Crippen LogP contribution in [0.15, 0.2) is 47.5 Å². The van der Waals surface area contributed by atoms with E-state index in [1.807, 2.05) is 31.2 Å². The van der Waals surface area contributed by atoms with Gasteiger partial charge in [0.25, 0.3) is 11.8 Å². The molecule has 1 aliphatic carbocycles. The number of halogens is 2. The molecule has 3 aromatic rings. The molecule has 2 amide bonds. The number of carbonyl (C=O) groups is 2. The number of amides is 2. The highest BCUT2D eigenvalue weighted by molar-refractivity contribution is 6.30. The fourth-order valence-electron chi connectivity index (χ4n) is 4.88. The Hall–Kier alpha value is -3.72. The SMILES string of the molecule is CCN1C(=O)c2c(O)c(=O)c(C(=O)NCc3nccc(Cl)c3F)cn2[C@H]2Cc3ccccc3[C@H]21. The van der Waals surface area contributed by atoms with Crippen LogP contribution in [-0.2, 0) is 13.0 Å². The number of hydrogen-bond acceptors (Lipinski definition) is 5. The van der Waals surface area contributed by atoms with Crippen molar-refractivity contribution >= 4 is 23.4 Å². The summed E-state index contributed by atoms with van der Waals surface area (Å²) in [7, 11) is 0.